The van der Waals surface area contributed by atoms with Crippen molar-refractivity contribution in [1.29, 1.82) is 0 Å². The topological polar surface area (TPSA) is 59.1 Å². The Bertz CT molecular complexity index is 380. The van der Waals surface area contributed by atoms with Crippen LogP contribution in [0.1, 0.15) is 30.1 Å². The fraction of sp³-hybridized carbons (Fsp3) is 0.444. The highest BCUT2D eigenvalue weighted by Crippen LogP contribution is 2.44. The van der Waals surface area contributed by atoms with Crippen LogP contribution in [0.2, 0.25) is 5.02 Å². The quantitative estimate of drug-likeness (QED) is 0.793. The summed E-state index contributed by atoms with van der Waals surface area (Å²) in [6, 6.07) is 0. The molecule has 3 N–H and O–H groups in total. The van der Waals surface area contributed by atoms with Crippen molar-refractivity contribution in [1.82, 2.24) is 4.98 Å². The Hall–Kier alpha value is -0.870. The third-order valence-corrected chi connectivity index (χ3v) is 2.72. The molecular formula is C9H10ClFN2O. The first-order chi connectivity index (χ1) is 6.65. The van der Waals surface area contributed by atoms with Gasteiger partial charge >= 0.3 is 0 Å². The summed E-state index contributed by atoms with van der Waals surface area (Å²) in [5, 5.41) is 9.06. The zero-order chi connectivity index (χ0) is 10.3. The van der Waals surface area contributed by atoms with Gasteiger partial charge in [-0.05, 0) is 12.8 Å². The predicted molar refractivity (Wildman–Crippen MR) is 51.5 cm³/mol. The van der Waals surface area contributed by atoms with Gasteiger partial charge in [0.15, 0.2) is 5.82 Å². The van der Waals surface area contributed by atoms with Gasteiger partial charge < -0.3 is 10.8 Å². The molecule has 5 heteroatoms. The maximum atomic E-state index is 13.3. The molecule has 1 heterocycles. The molecule has 1 aliphatic carbocycles. The largest absolute Gasteiger partial charge is 0.395 e. The molecule has 0 saturated heterocycles. The van der Waals surface area contributed by atoms with E-state index in [0.717, 1.165) is 12.8 Å². The van der Waals surface area contributed by atoms with Gasteiger partial charge in [-0.2, -0.15) is 0 Å². The number of nitrogen functional groups attached to an aromatic ring is 1. The van der Waals surface area contributed by atoms with E-state index in [0.29, 0.717) is 5.69 Å². The number of hydrogen-bond donors (Lipinski definition) is 2. The lowest BCUT2D eigenvalue weighted by molar-refractivity contribution is 0.270. The van der Waals surface area contributed by atoms with Gasteiger partial charge in [-0.1, -0.05) is 11.6 Å². The molecule has 0 spiro atoms. The maximum absolute atomic E-state index is 13.3. The summed E-state index contributed by atoms with van der Waals surface area (Å²) < 4.78 is 13.3. The third kappa shape index (κ3) is 1.44. The van der Waals surface area contributed by atoms with Crippen LogP contribution in [-0.4, -0.2) is 10.1 Å². The molecule has 1 fully saturated rings. The van der Waals surface area contributed by atoms with Crippen LogP contribution in [-0.2, 0) is 6.61 Å². The van der Waals surface area contributed by atoms with Crippen LogP contribution < -0.4 is 5.73 Å². The molecule has 14 heavy (non-hydrogen) atoms. The van der Waals surface area contributed by atoms with E-state index in [-0.39, 0.29) is 22.3 Å². The van der Waals surface area contributed by atoms with Gasteiger partial charge in [-0.25, -0.2) is 4.39 Å². The lowest BCUT2D eigenvalue weighted by Crippen LogP contribution is -2.05. The summed E-state index contributed by atoms with van der Waals surface area (Å²) in [7, 11) is 0. The van der Waals surface area contributed by atoms with E-state index in [2.05, 4.69) is 4.98 Å². The summed E-state index contributed by atoms with van der Waals surface area (Å²) in [5.74, 6) is -0.419. The standard InChI is InChI=1S/C9H10ClFN2O/c10-6-8(12)7(11)5(3-14)13-9(6)4-1-2-4/h4,14H,1-3H2,(H2,12,13). The maximum Gasteiger partial charge on any atom is 0.171 e. The number of aliphatic hydroxyl groups is 1. The van der Waals surface area contributed by atoms with Gasteiger partial charge in [-0.15, -0.1) is 0 Å². The number of anilines is 1. The summed E-state index contributed by atoms with van der Waals surface area (Å²) in [5.41, 5.74) is 5.96. The average Bonchev–Trinajstić information content (AvgIpc) is 2.98. The smallest absolute Gasteiger partial charge is 0.171 e. The van der Waals surface area contributed by atoms with Crippen LogP contribution in [0.5, 0.6) is 0 Å². The molecule has 2 rings (SSSR count). The molecule has 0 radical (unpaired) electrons. The fourth-order valence-electron chi connectivity index (χ4n) is 1.37. The van der Waals surface area contributed by atoms with Gasteiger partial charge in [0.25, 0.3) is 0 Å². The number of rotatable bonds is 2. The molecule has 0 amide bonds. The highest BCUT2D eigenvalue weighted by Gasteiger charge is 2.30. The first-order valence-corrected chi connectivity index (χ1v) is 4.77. The molecule has 3 nitrogen and oxygen atoms in total. The molecule has 1 aliphatic rings. The minimum Gasteiger partial charge on any atom is -0.395 e. The normalized spacial score (nSPS) is 15.9. The van der Waals surface area contributed by atoms with Crippen LogP contribution >= 0.6 is 11.6 Å². The zero-order valence-electron chi connectivity index (χ0n) is 7.43. The Morgan fingerprint density at radius 1 is 1.57 bits per heavy atom. The van der Waals surface area contributed by atoms with E-state index < -0.39 is 12.4 Å². The summed E-state index contributed by atoms with van der Waals surface area (Å²) in [6.07, 6.45) is 2.01. The second kappa shape index (κ2) is 3.37. The Labute approximate surface area is 85.7 Å². The lowest BCUT2D eigenvalue weighted by atomic mass is 10.2. The highest BCUT2D eigenvalue weighted by molar-refractivity contribution is 6.33. The van der Waals surface area contributed by atoms with Crippen LogP contribution in [0.3, 0.4) is 0 Å². The van der Waals surface area contributed by atoms with E-state index >= 15 is 0 Å². The molecule has 1 aromatic heterocycles. The average molecular weight is 217 g/mol. The zero-order valence-corrected chi connectivity index (χ0v) is 8.18. The number of pyridine rings is 1. The number of hydrogen-bond acceptors (Lipinski definition) is 3. The molecule has 0 unspecified atom stereocenters. The fourth-order valence-corrected chi connectivity index (χ4v) is 1.64. The SMILES string of the molecule is Nc1c(F)c(CO)nc(C2CC2)c1Cl. The van der Waals surface area contributed by atoms with Crippen molar-refractivity contribution >= 4 is 17.3 Å². The minimum atomic E-state index is -0.707. The Balaban J connectivity index is 2.55. The van der Waals surface area contributed by atoms with Crippen LogP contribution in [0, 0.1) is 5.82 Å². The Morgan fingerprint density at radius 2 is 2.21 bits per heavy atom. The summed E-state index contributed by atoms with van der Waals surface area (Å²) in [4.78, 5) is 3.98. The monoisotopic (exact) mass is 216 g/mol. The Morgan fingerprint density at radius 3 is 2.71 bits per heavy atom. The molecule has 0 bridgehead atoms. The predicted octanol–water partition coefficient (Wildman–Crippen LogP) is 1.83. The minimum absolute atomic E-state index is 0.0196. The number of nitrogens with two attached hydrogens (primary N) is 1. The molecule has 76 valence electrons. The molecule has 0 aromatic carbocycles. The number of aliphatic hydroxyl groups excluding tert-OH is 1. The first-order valence-electron chi connectivity index (χ1n) is 4.39. The third-order valence-electron chi connectivity index (χ3n) is 2.32. The molecule has 0 aliphatic heterocycles. The molecule has 1 aromatic rings. The van der Waals surface area contributed by atoms with Crippen molar-refractivity contribution in [3.63, 3.8) is 0 Å². The number of nitrogens with zero attached hydrogens (tertiary/aromatic N) is 1. The summed E-state index contributed by atoms with van der Waals surface area (Å²) >= 11 is 5.85. The van der Waals surface area contributed by atoms with Crippen molar-refractivity contribution in [2.45, 2.75) is 25.4 Å². The van der Waals surface area contributed by atoms with E-state index in [4.69, 9.17) is 22.4 Å². The van der Waals surface area contributed by atoms with Gasteiger partial charge in [0, 0.05) is 5.92 Å². The number of halogens is 2. The summed E-state index contributed by atoms with van der Waals surface area (Å²) in [6.45, 7) is -0.451. The van der Waals surface area contributed by atoms with E-state index in [1.165, 1.54) is 0 Å². The van der Waals surface area contributed by atoms with Crippen LogP contribution in [0.15, 0.2) is 0 Å². The van der Waals surface area contributed by atoms with Crippen molar-refractivity contribution in [2.75, 3.05) is 5.73 Å². The Kier molecular flexibility index (Phi) is 2.33. The second-order valence-electron chi connectivity index (χ2n) is 3.42. The highest BCUT2D eigenvalue weighted by atomic mass is 35.5. The first kappa shape index (κ1) is 9.68. The van der Waals surface area contributed by atoms with Crippen molar-refractivity contribution in [2.24, 2.45) is 0 Å². The number of aromatic nitrogens is 1. The van der Waals surface area contributed by atoms with Crippen molar-refractivity contribution < 1.29 is 9.50 Å². The molecular weight excluding hydrogens is 207 g/mol. The molecule has 0 atom stereocenters. The van der Waals surface area contributed by atoms with Gasteiger partial charge in [-0.3, -0.25) is 4.98 Å². The van der Waals surface area contributed by atoms with Crippen LogP contribution in [0.25, 0.3) is 0 Å². The van der Waals surface area contributed by atoms with E-state index in [1.54, 1.807) is 0 Å². The second-order valence-corrected chi connectivity index (χ2v) is 3.80. The van der Waals surface area contributed by atoms with Gasteiger partial charge in [0.1, 0.15) is 5.69 Å². The van der Waals surface area contributed by atoms with Crippen molar-refractivity contribution in [3.05, 3.63) is 22.2 Å². The molecule has 1 saturated carbocycles. The van der Waals surface area contributed by atoms with Gasteiger partial charge in [0.2, 0.25) is 0 Å². The lowest BCUT2D eigenvalue weighted by Gasteiger charge is -2.08. The van der Waals surface area contributed by atoms with Crippen molar-refractivity contribution in [3.8, 4) is 0 Å². The van der Waals surface area contributed by atoms with E-state index in [1.807, 2.05) is 0 Å². The van der Waals surface area contributed by atoms with E-state index in [9.17, 15) is 4.39 Å². The van der Waals surface area contributed by atoms with Crippen LogP contribution in [0.4, 0.5) is 10.1 Å². The van der Waals surface area contributed by atoms with Gasteiger partial charge in [0.05, 0.1) is 23.0 Å².